The van der Waals surface area contributed by atoms with Crippen molar-refractivity contribution in [1.82, 2.24) is 4.90 Å². The number of rotatable bonds is 6. The molecule has 6 nitrogen and oxygen atoms in total. The van der Waals surface area contributed by atoms with E-state index in [0.29, 0.717) is 19.5 Å². The lowest BCUT2D eigenvalue weighted by Crippen LogP contribution is -2.45. The molecule has 0 saturated carbocycles. The number of amides is 1. The van der Waals surface area contributed by atoms with Crippen molar-refractivity contribution in [1.29, 1.82) is 0 Å². The van der Waals surface area contributed by atoms with Gasteiger partial charge in [0.2, 0.25) is 0 Å². The van der Waals surface area contributed by atoms with Gasteiger partial charge >= 0.3 is 6.09 Å². The summed E-state index contributed by atoms with van der Waals surface area (Å²) in [6.07, 6.45) is 5.27. The maximum Gasteiger partial charge on any atom is 0.410 e. The molecule has 0 atom stereocenters. The summed E-state index contributed by atoms with van der Waals surface area (Å²) >= 11 is 0. The quantitative estimate of drug-likeness (QED) is 0.689. The van der Waals surface area contributed by atoms with E-state index >= 15 is 0 Å². The van der Waals surface area contributed by atoms with E-state index in [0.717, 1.165) is 31.9 Å². The van der Waals surface area contributed by atoms with E-state index in [1.165, 1.54) is 0 Å². The molecule has 1 heterocycles. The molecule has 0 radical (unpaired) electrons. The molecule has 136 valence electrons. The Morgan fingerprint density at radius 1 is 1.17 bits per heavy atom. The first-order chi connectivity index (χ1) is 10.5. The van der Waals surface area contributed by atoms with Crippen LogP contribution in [0.25, 0.3) is 0 Å². The van der Waals surface area contributed by atoms with E-state index in [2.05, 4.69) is 6.92 Å². The Morgan fingerprint density at radius 3 is 2.17 bits per heavy atom. The van der Waals surface area contributed by atoms with Crippen molar-refractivity contribution in [3.8, 4) is 0 Å². The summed E-state index contributed by atoms with van der Waals surface area (Å²) in [5, 5.41) is 0. The average molecular weight is 349 g/mol. The van der Waals surface area contributed by atoms with E-state index in [-0.39, 0.29) is 18.1 Å². The van der Waals surface area contributed by atoms with Gasteiger partial charge in [-0.2, -0.15) is 8.42 Å². The molecule has 1 aliphatic heterocycles. The first-order valence-electron chi connectivity index (χ1n) is 8.29. The van der Waals surface area contributed by atoms with Crippen LogP contribution in [0.5, 0.6) is 0 Å². The van der Waals surface area contributed by atoms with Gasteiger partial charge in [0, 0.05) is 13.1 Å². The summed E-state index contributed by atoms with van der Waals surface area (Å²) in [6, 6.07) is 0. The number of carbonyl (C=O) groups excluding carboxylic acids is 1. The third kappa shape index (κ3) is 7.52. The highest BCUT2D eigenvalue weighted by molar-refractivity contribution is 7.85. The lowest BCUT2D eigenvalue weighted by molar-refractivity contribution is 0.00592. The van der Waals surface area contributed by atoms with Crippen LogP contribution in [0, 0.1) is 5.41 Å². The molecule has 1 saturated heterocycles. The van der Waals surface area contributed by atoms with Gasteiger partial charge in [0.15, 0.2) is 0 Å². The topological polar surface area (TPSA) is 72.9 Å². The molecule has 1 rings (SSSR count). The van der Waals surface area contributed by atoms with Gasteiger partial charge in [-0.3, -0.25) is 4.18 Å². The maximum atomic E-state index is 12.1. The summed E-state index contributed by atoms with van der Waals surface area (Å²) < 4.78 is 32.6. The molecule has 0 unspecified atom stereocenters. The van der Waals surface area contributed by atoms with Crippen LogP contribution in [0.1, 0.15) is 59.8 Å². The molecule has 0 N–H and O–H groups in total. The molecule has 7 heteroatoms. The Bertz CT molecular complexity index is 487. The summed E-state index contributed by atoms with van der Waals surface area (Å²) in [7, 11) is -3.40. The lowest BCUT2D eigenvalue weighted by atomic mass is 9.73. The number of hydrogen-bond acceptors (Lipinski definition) is 5. The number of piperidine rings is 1. The van der Waals surface area contributed by atoms with Gasteiger partial charge in [-0.15, -0.1) is 0 Å². The van der Waals surface area contributed by atoms with Gasteiger partial charge in [0.25, 0.3) is 10.1 Å². The first-order valence-corrected chi connectivity index (χ1v) is 10.1. The summed E-state index contributed by atoms with van der Waals surface area (Å²) in [6.45, 7) is 9.21. The molecule has 0 spiro atoms. The van der Waals surface area contributed by atoms with Gasteiger partial charge in [-0.05, 0) is 51.9 Å². The number of nitrogens with zero attached hydrogens (tertiary/aromatic N) is 1. The number of carbonyl (C=O) groups is 1. The Kier molecular flexibility index (Phi) is 6.89. The normalized spacial score (nSPS) is 18.7. The number of likely N-dealkylation sites (tertiary alicyclic amines) is 1. The monoisotopic (exact) mass is 349 g/mol. The predicted molar refractivity (Wildman–Crippen MR) is 89.8 cm³/mol. The molecule has 1 aliphatic rings. The van der Waals surface area contributed by atoms with Crippen molar-refractivity contribution in [2.75, 3.05) is 26.0 Å². The third-order valence-corrected chi connectivity index (χ3v) is 4.78. The molecule has 0 aliphatic carbocycles. The second kappa shape index (κ2) is 7.83. The Hall–Kier alpha value is -0.820. The van der Waals surface area contributed by atoms with Crippen molar-refractivity contribution >= 4 is 16.2 Å². The highest BCUT2D eigenvalue weighted by atomic mass is 32.2. The summed E-state index contributed by atoms with van der Waals surface area (Å²) in [4.78, 5) is 13.9. The van der Waals surface area contributed by atoms with Gasteiger partial charge in [-0.25, -0.2) is 4.79 Å². The second-order valence-electron chi connectivity index (χ2n) is 7.49. The maximum absolute atomic E-state index is 12.1. The fraction of sp³-hybridized carbons (Fsp3) is 0.938. The third-order valence-electron chi connectivity index (χ3n) is 4.19. The average Bonchev–Trinajstić information content (AvgIpc) is 2.36. The van der Waals surface area contributed by atoms with E-state index < -0.39 is 15.7 Å². The fourth-order valence-corrected chi connectivity index (χ4v) is 3.44. The van der Waals surface area contributed by atoms with E-state index in [1.54, 1.807) is 4.90 Å². The van der Waals surface area contributed by atoms with Crippen LogP contribution >= 0.6 is 0 Å². The smallest absolute Gasteiger partial charge is 0.410 e. The Morgan fingerprint density at radius 2 is 1.74 bits per heavy atom. The number of hydrogen-bond donors (Lipinski definition) is 0. The van der Waals surface area contributed by atoms with Crippen molar-refractivity contribution in [3.05, 3.63) is 0 Å². The van der Waals surface area contributed by atoms with Crippen LogP contribution in [0.4, 0.5) is 4.79 Å². The largest absolute Gasteiger partial charge is 0.444 e. The molecule has 0 aromatic rings. The Labute approximate surface area is 140 Å². The zero-order valence-electron chi connectivity index (χ0n) is 15.1. The minimum atomic E-state index is -3.40. The molecule has 0 bridgehead atoms. The lowest BCUT2D eigenvalue weighted by Gasteiger charge is -2.42. The van der Waals surface area contributed by atoms with Crippen molar-refractivity contribution in [3.63, 3.8) is 0 Å². The number of ether oxygens (including phenoxy) is 1. The van der Waals surface area contributed by atoms with Gasteiger partial charge in [0.05, 0.1) is 12.9 Å². The van der Waals surface area contributed by atoms with Crippen LogP contribution in [0.15, 0.2) is 0 Å². The summed E-state index contributed by atoms with van der Waals surface area (Å²) in [5.74, 6) is 0. The molecular formula is C16H31NO5S. The van der Waals surface area contributed by atoms with Gasteiger partial charge < -0.3 is 9.64 Å². The predicted octanol–water partition coefficient (Wildman–Crippen LogP) is 3.17. The highest BCUT2D eigenvalue weighted by Crippen LogP contribution is 2.39. The summed E-state index contributed by atoms with van der Waals surface area (Å²) in [5.41, 5.74) is -0.434. The van der Waals surface area contributed by atoms with Gasteiger partial charge in [-0.1, -0.05) is 13.3 Å². The van der Waals surface area contributed by atoms with Crippen molar-refractivity contribution < 1.29 is 22.1 Å². The minimum absolute atomic E-state index is 0.0535. The van der Waals surface area contributed by atoms with Crippen LogP contribution < -0.4 is 0 Å². The van der Waals surface area contributed by atoms with Crippen LogP contribution in [-0.4, -0.2) is 51.0 Å². The molecule has 1 fully saturated rings. The fourth-order valence-electron chi connectivity index (χ4n) is 3.05. The van der Waals surface area contributed by atoms with E-state index in [4.69, 9.17) is 8.92 Å². The van der Waals surface area contributed by atoms with E-state index in [1.807, 2.05) is 20.8 Å². The Balaban J connectivity index is 2.57. The zero-order chi connectivity index (χ0) is 17.7. The molecule has 1 amide bonds. The van der Waals surface area contributed by atoms with Crippen LogP contribution in [0.2, 0.25) is 0 Å². The second-order valence-corrected chi connectivity index (χ2v) is 9.14. The van der Waals surface area contributed by atoms with Crippen LogP contribution in [-0.2, 0) is 19.0 Å². The highest BCUT2D eigenvalue weighted by Gasteiger charge is 2.36. The zero-order valence-corrected chi connectivity index (χ0v) is 15.9. The first kappa shape index (κ1) is 20.2. The van der Waals surface area contributed by atoms with E-state index in [9.17, 15) is 13.2 Å². The van der Waals surface area contributed by atoms with Gasteiger partial charge in [0.1, 0.15) is 5.60 Å². The van der Waals surface area contributed by atoms with Crippen LogP contribution in [0.3, 0.4) is 0 Å². The standard InChI is InChI=1S/C16H31NO5S/c1-6-7-16(10-13-21-23(5,19)20)8-11-17(12-9-16)14(18)22-15(2,3)4/h6-13H2,1-5H3. The van der Waals surface area contributed by atoms with Crippen molar-refractivity contribution in [2.24, 2.45) is 5.41 Å². The molecule has 23 heavy (non-hydrogen) atoms. The molecular weight excluding hydrogens is 318 g/mol. The minimum Gasteiger partial charge on any atom is -0.444 e. The SMILES string of the molecule is CCCC1(CCOS(C)(=O)=O)CCN(C(=O)OC(C)(C)C)CC1. The molecule has 0 aromatic carbocycles. The van der Waals surface area contributed by atoms with Crippen molar-refractivity contribution in [2.45, 2.75) is 65.4 Å². The molecule has 0 aromatic heterocycles.